The second-order valence-corrected chi connectivity index (χ2v) is 7.30. The van der Waals surface area contributed by atoms with E-state index in [1.165, 1.54) is 28.8 Å². The van der Waals surface area contributed by atoms with Crippen LogP contribution >= 0.6 is 11.6 Å². The lowest BCUT2D eigenvalue weighted by atomic mass is 10.0. The molecule has 0 aliphatic heterocycles. The first kappa shape index (κ1) is 17.2. The summed E-state index contributed by atoms with van der Waals surface area (Å²) in [6.07, 6.45) is -0.317. The third kappa shape index (κ3) is 3.83. The number of rotatable bonds is 4. The van der Waals surface area contributed by atoms with Crippen LogP contribution in [-0.4, -0.2) is 25.4 Å². The number of aliphatic hydroxyl groups is 1. The van der Waals surface area contributed by atoms with Crippen LogP contribution in [-0.2, 0) is 4.79 Å². The molecule has 2 aromatic heterocycles. The van der Waals surface area contributed by atoms with Crippen molar-refractivity contribution in [3.05, 3.63) is 76.6 Å². The summed E-state index contributed by atoms with van der Waals surface area (Å²) in [6.45, 7) is -0.824. The molecule has 0 radical (unpaired) electrons. The lowest BCUT2D eigenvalue weighted by Gasteiger charge is -2.13. The number of aliphatic hydroxyl groups excluding tert-OH is 1. The predicted octanol–water partition coefficient (Wildman–Crippen LogP) is 4.06. The number of benzene rings is 2. The van der Waals surface area contributed by atoms with Crippen LogP contribution in [0.5, 0.6) is 0 Å². The Morgan fingerprint density at radius 2 is 2.16 bits per heavy atom. The molecule has 31 heavy (non-hydrogen) atoms. The molecule has 0 fully saturated rings. The van der Waals surface area contributed by atoms with Gasteiger partial charge in [0.1, 0.15) is 33.8 Å². The van der Waals surface area contributed by atoms with Crippen LogP contribution in [0, 0.1) is 19.6 Å². The second-order valence-electron chi connectivity index (χ2n) is 6.91. The summed E-state index contributed by atoms with van der Waals surface area (Å²) in [5.41, 5.74) is 8.23. The molecule has 4 rings (SSSR count). The van der Waals surface area contributed by atoms with Crippen LogP contribution < -0.4 is 11.1 Å². The van der Waals surface area contributed by atoms with Gasteiger partial charge in [0.25, 0.3) is 5.91 Å². The molecule has 0 bridgehead atoms. The summed E-state index contributed by atoms with van der Waals surface area (Å²) in [5.74, 6) is -1.51. The third-order valence-electron chi connectivity index (χ3n) is 4.81. The topological polar surface area (TPSA) is 106 Å². The Morgan fingerprint density at radius 3 is 2.87 bits per heavy atom. The number of hydrogen-bond acceptors (Lipinski definition) is 5. The molecular weight excluding hydrogens is 421 g/mol. The average Bonchev–Trinajstić information content (AvgIpc) is 3.18. The molecule has 1 atom stereocenters. The summed E-state index contributed by atoms with van der Waals surface area (Å²) >= 11 is 6.21. The smallest absolute Gasteiger partial charge is 0.257 e. The highest BCUT2D eigenvalue weighted by Gasteiger charge is 2.20. The summed E-state index contributed by atoms with van der Waals surface area (Å²) in [7, 11) is 0. The molecule has 0 saturated carbocycles. The van der Waals surface area contributed by atoms with Crippen molar-refractivity contribution >= 4 is 34.5 Å². The Balaban J connectivity index is 1.71. The molecule has 2 aromatic carbocycles. The minimum absolute atomic E-state index is 0.0435. The van der Waals surface area contributed by atoms with E-state index in [1.807, 2.05) is 0 Å². The van der Waals surface area contributed by atoms with Gasteiger partial charge in [0.05, 0.1) is 6.20 Å². The molecule has 1 unspecified atom stereocenters. The van der Waals surface area contributed by atoms with Gasteiger partial charge < -0.3 is 16.2 Å². The van der Waals surface area contributed by atoms with Gasteiger partial charge in [-0.25, -0.2) is 14.4 Å². The summed E-state index contributed by atoms with van der Waals surface area (Å²) in [4.78, 5) is 20.8. The van der Waals surface area contributed by atoms with Crippen LogP contribution in [0.4, 0.5) is 15.9 Å². The largest absolute Gasteiger partial charge is 0.382 e. The van der Waals surface area contributed by atoms with Crippen LogP contribution in [0.25, 0.3) is 16.8 Å². The Labute approximate surface area is 186 Å². The number of aryl methyl sites for hydroxylation is 2. The monoisotopic (exact) mass is 442 g/mol. The number of hydrogen-bond donors (Lipinski definition) is 3. The molecule has 1 amide bonds. The number of nitrogens with one attached hydrogen (secondary N) is 1. The fraction of sp³-hybridized carbons (Fsp3) is 0.136. The highest BCUT2D eigenvalue weighted by atomic mass is 35.5. The number of fused-ring (bicyclic) bond motifs is 1. The lowest BCUT2D eigenvalue weighted by molar-refractivity contribution is -0.124. The Morgan fingerprint density at radius 1 is 1.35 bits per heavy atom. The van der Waals surface area contributed by atoms with Gasteiger partial charge in [0, 0.05) is 15.4 Å². The van der Waals surface area contributed by atoms with Gasteiger partial charge in [-0.3, -0.25) is 9.20 Å². The van der Waals surface area contributed by atoms with Crippen molar-refractivity contribution in [2.75, 3.05) is 11.1 Å². The third-order valence-corrected chi connectivity index (χ3v) is 5.07. The van der Waals surface area contributed by atoms with Gasteiger partial charge in [0.2, 0.25) is 0 Å². The second kappa shape index (κ2) is 7.98. The maximum absolute atomic E-state index is 13.4. The SMILES string of the molecule is [2H]C([2H])([2H])c1nc(-c2ccc(NC(=O)C(O)c3cccc(F)c3)cc2C)c2c(N)ncc(Cl)n12. The predicted molar refractivity (Wildman–Crippen MR) is 117 cm³/mol. The Hall–Kier alpha value is -3.49. The number of anilines is 2. The fourth-order valence-electron chi connectivity index (χ4n) is 3.34. The number of imidazole rings is 1. The highest BCUT2D eigenvalue weighted by Crippen LogP contribution is 2.33. The fourth-order valence-corrected chi connectivity index (χ4v) is 3.55. The molecule has 7 nitrogen and oxygen atoms in total. The van der Waals surface area contributed by atoms with Crippen molar-refractivity contribution in [2.45, 2.75) is 19.9 Å². The minimum atomic E-state index is -2.56. The molecule has 158 valence electrons. The number of nitrogens with zero attached hydrogens (tertiary/aromatic N) is 3. The van der Waals surface area contributed by atoms with E-state index in [9.17, 15) is 14.3 Å². The van der Waals surface area contributed by atoms with Crippen LogP contribution in [0.2, 0.25) is 5.15 Å². The molecule has 2 heterocycles. The zero-order chi connectivity index (χ0) is 24.8. The van der Waals surface area contributed by atoms with E-state index in [0.717, 1.165) is 6.07 Å². The molecular formula is C22H19ClFN5O2. The maximum Gasteiger partial charge on any atom is 0.257 e. The first-order chi connectivity index (χ1) is 16.0. The number of carbonyl (C=O) groups is 1. The Kier molecular flexibility index (Phi) is 4.43. The summed E-state index contributed by atoms with van der Waals surface area (Å²) < 4.78 is 38.1. The number of carbonyl (C=O) groups excluding carboxylic acids is 1. The van der Waals surface area contributed by atoms with Gasteiger partial charge >= 0.3 is 0 Å². The molecule has 0 aliphatic carbocycles. The highest BCUT2D eigenvalue weighted by molar-refractivity contribution is 6.29. The standard InChI is InChI=1S/C22H19ClFN5O2/c1-11-8-15(28-22(31)20(30)13-4-3-5-14(24)9-13)6-7-16(11)18-19-21(25)26-10-17(23)29(19)12(2)27-18/h3-10,20,30H,1-2H3,(H2,25,26)(H,28,31)/i2D3. The lowest BCUT2D eigenvalue weighted by Crippen LogP contribution is -2.21. The molecule has 4 aromatic rings. The molecule has 0 spiro atoms. The first-order valence-electron chi connectivity index (χ1n) is 10.7. The zero-order valence-corrected chi connectivity index (χ0v) is 17.0. The summed E-state index contributed by atoms with van der Waals surface area (Å²) in [5, 5.41) is 12.9. The number of amides is 1. The number of nitrogens with two attached hydrogens (primary N) is 1. The van der Waals surface area contributed by atoms with Gasteiger partial charge in [-0.1, -0.05) is 29.8 Å². The number of nitrogen functional groups attached to an aromatic ring is 1. The summed E-state index contributed by atoms with van der Waals surface area (Å²) in [6, 6.07) is 9.95. The van der Waals surface area contributed by atoms with Gasteiger partial charge in [0.15, 0.2) is 6.10 Å². The van der Waals surface area contributed by atoms with Crippen LogP contribution in [0.1, 0.15) is 27.2 Å². The normalized spacial score (nSPS) is 14.0. The number of halogens is 2. The van der Waals surface area contributed by atoms with E-state index in [4.69, 9.17) is 21.4 Å². The van der Waals surface area contributed by atoms with Crippen molar-refractivity contribution in [1.82, 2.24) is 14.4 Å². The molecule has 4 N–H and O–H groups in total. The van der Waals surface area contributed by atoms with Crippen molar-refractivity contribution in [2.24, 2.45) is 0 Å². The van der Waals surface area contributed by atoms with Crippen molar-refractivity contribution in [1.29, 1.82) is 0 Å². The van der Waals surface area contributed by atoms with Gasteiger partial charge in [-0.15, -0.1) is 0 Å². The van der Waals surface area contributed by atoms with E-state index in [-0.39, 0.29) is 33.6 Å². The maximum atomic E-state index is 13.4. The van der Waals surface area contributed by atoms with Crippen LogP contribution in [0.3, 0.4) is 0 Å². The van der Waals surface area contributed by atoms with Crippen LogP contribution in [0.15, 0.2) is 48.7 Å². The quantitative estimate of drug-likeness (QED) is 0.442. The van der Waals surface area contributed by atoms with Gasteiger partial charge in [-0.05, 0) is 49.2 Å². The van der Waals surface area contributed by atoms with E-state index in [0.29, 0.717) is 16.8 Å². The van der Waals surface area contributed by atoms with E-state index >= 15 is 0 Å². The van der Waals surface area contributed by atoms with Crippen molar-refractivity contribution in [3.63, 3.8) is 0 Å². The van der Waals surface area contributed by atoms with Crippen molar-refractivity contribution < 1.29 is 18.4 Å². The Bertz CT molecular complexity index is 1420. The van der Waals surface area contributed by atoms with E-state index < -0.39 is 24.7 Å². The van der Waals surface area contributed by atoms with Gasteiger partial charge in [-0.2, -0.15) is 0 Å². The zero-order valence-electron chi connectivity index (χ0n) is 19.2. The first-order valence-corrected chi connectivity index (χ1v) is 9.53. The van der Waals surface area contributed by atoms with E-state index in [2.05, 4.69) is 15.3 Å². The van der Waals surface area contributed by atoms with E-state index in [1.54, 1.807) is 25.1 Å². The molecule has 9 heteroatoms. The number of aromatic nitrogens is 3. The average molecular weight is 443 g/mol. The van der Waals surface area contributed by atoms with Crippen molar-refractivity contribution in [3.8, 4) is 11.3 Å². The molecule has 0 saturated heterocycles. The minimum Gasteiger partial charge on any atom is -0.382 e. The molecule has 0 aliphatic rings.